The predicted molar refractivity (Wildman–Crippen MR) is 156 cm³/mol. The largest absolute Gasteiger partial charge is 0.467 e. The molecule has 9 heteroatoms. The molecule has 0 saturated carbocycles. The Bertz CT molecular complexity index is 1490. The molecule has 2 aromatic carbocycles. The first-order valence-electron chi connectivity index (χ1n) is 12.6. The molecule has 1 aliphatic heterocycles. The van der Waals surface area contributed by atoms with Crippen molar-refractivity contribution < 1.29 is 9.21 Å². The number of nitrogens with zero attached hydrogens (tertiary/aromatic N) is 4. The van der Waals surface area contributed by atoms with E-state index in [9.17, 15) is 4.79 Å². The summed E-state index contributed by atoms with van der Waals surface area (Å²) in [5.74, 6) is 1.45. The normalized spacial score (nSPS) is 15.2. The molecule has 0 saturated heterocycles. The van der Waals surface area contributed by atoms with Crippen LogP contribution in [0.3, 0.4) is 0 Å². The minimum absolute atomic E-state index is 0.0636. The number of allylic oxidation sites excluding steroid dienone is 1. The van der Waals surface area contributed by atoms with Gasteiger partial charge >= 0.3 is 0 Å². The fourth-order valence-corrected chi connectivity index (χ4v) is 5.30. The molecule has 0 unspecified atom stereocenters. The maximum absolute atomic E-state index is 13.5. The van der Waals surface area contributed by atoms with Crippen molar-refractivity contribution in [3.05, 3.63) is 108 Å². The van der Waals surface area contributed by atoms with E-state index in [4.69, 9.17) is 16.0 Å². The Morgan fingerprint density at radius 2 is 1.82 bits per heavy atom. The van der Waals surface area contributed by atoms with Crippen LogP contribution in [0.15, 0.2) is 95.2 Å². The highest BCUT2D eigenvalue weighted by atomic mass is 35.5. The molecule has 1 amide bonds. The van der Waals surface area contributed by atoms with E-state index in [0.717, 1.165) is 22.6 Å². The average Bonchev–Trinajstić information content (AvgIpc) is 3.68. The summed E-state index contributed by atoms with van der Waals surface area (Å²) in [7, 11) is 0. The van der Waals surface area contributed by atoms with Crippen molar-refractivity contribution in [1.29, 1.82) is 0 Å². The molecule has 0 spiro atoms. The highest BCUT2D eigenvalue weighted by Gasteiger charge is 2.32. The van der Waals surface area contributed by atoms with Crippen LogP contribution in [0.25, 0.3) is 17.1 Å². The summed E-state index contributed by atoms with van der Waals surface area (Å²) in [5, 5.41) is 11.8. The molecule has 0 bridgehead atoms. The van der Waals surface area contributed by atoms with Crippen LogP contribution in [0.4, 0.5) is 0 Å². The molecule has 1 aliphatic rings. The summed E-state index contributed by atoms with van der Waals surface area (Å²) in [4.78, 5) is 13.5. The van der Waals surface area contributed by atoms with E-state index in [1.165, 1.54) is 17.3 Å². The first-order valence-corrected chi connectivity index (χ1v) is 14.0. The minimum atomic E-state index is -0.387. The van der Waals surface area contributed by atoms with Crippen LogP contribution in [-0.4, -0.2) is 31.4 Å². The van der Waals surface area contributed by atoms with Crippen molar-refractivity contribution in [1.82, 2.24) is 25.2 Å². The zero-order valence-electron chi connectivity index (χ0n) is 22.1. The van der Waals surface area contributed by atoms with Gasteiger partial charge in [0, 0.05) is 17.1 Å². The van der Waals surface area contributed by atoms with Gasteiger partial charge in [0.05, 0.1) is 17.7 Å². The SMILES string of the molecule is C=CCn1c(SCC(=O)N2NC(c3ccc(Cl)cc3)=C[C@@H]2c2ccco2)nnc1-c1ccc(C(C)(C)C)cc1. The fraction of sp³-hybridized carbons (Fsp3) is 0.233. The number of aromatic nitrogens is 3. The summed E-state index contributed by atoms with van der Waals surface area (Å²) in [6.45, 7) is 11.0. The third-order valence-corrected chi connectivity index (χ3v) is 7.67. The van der Waals surface area contributed by atoms with Gasteiger partial charge in [-0.2, -0.15) is 0 Å². The Morgan fingerprint density at radius 3 is 2.46 bits per heavy atom. The highest BCUT2D eigenvalue weighted by Crippen LogP contribution is 2.33. The Hall–Kier alpha value is -3.75. The number of thioether (sulfide) groups is 1. The number of benzene rings is 2. The molecule has 200 valence electrons. The average molecular weight is 560 g/mol. The summed E-state index contributed by atoms with van der Waals surface area (Å²) < 4.78 is 7.63. The van der Waals surface area contributed by atoms with Crippen LogP contribution in [0.2, 0.25) is 5.02 Å². The second kappa shape index (κ2) is 11.2. The van der Waals surface area contributed by atoms with Gasteiger partial charge in [0.15, 0.2) is 11.0 Å². The molecule has 0 aliphatic carbocycles. The molecule has 39 heavy (non-hydrogen) atoms. The fourth-order valence-electron chi connectivity index (χ4n) is 4.36. The lowest BCUT2D eigenvalue weighted by Gasteiger charge is -2.24. The van der Waals surface area contributed by atoms with Gasteiger partial charge in [-0.25, -0.2) is 5.01 Å². The van der Waals surface area contributed by atoms with Gasteiger partial charge in [0.1, 0.15) is 11.8 Å². The van der Waals surface area contributed by atoms with E-state index in [1.54, 1.807) is 17.3 Å². The number of hydrazine groups is 1. The smallest absolute Gasteiger partial charge is 0.252 e. The lowest BCUT2D eigenvalue weighted by molar-refractivity contribution is -0.131. The number of nitrogens with one attached hydrogen (secondary N) is 1. The van der Waals surface area contributed by atoms with Crippen molar-refractivity contribution in [2.24, 2.45) is 0 Å². The van der Waals surface area contributed by atoms with Gasteiger partial charge in [-0.3, -0.25) is 14.8 Å². The van der Waals surface area contributed by atoms with Gasteiger partial charge in [0.25, 0.3) is 5.91 Å². The van der Waals surface area contributed by atoms with E-state index in [2.05, 4.69) is 67.2 Å². The van der Waals surface area contributed by atoms with Crippen LogP contribution in [0.5, 0.6) is 0 Å². The van der Waals surface area contributed by atoms with Crippen molar-refractivity contribution >= 4 is 35.0 Å². The van der Waals surface area contributed by atoms with E-state index in [0.29, 0.717) is 22.5 Å². The van der Waals surface area contributed by atoms with Crippen LogP contribution >= 0.6 is 23.4 Å². The van der Waals surface area contributed by atoms with E-state index in [-0.39, 0.29) is 23.1 Å². The molecule has 0 radical (unpaired) electrons. The molecule has 0 fully saturated rings. The molecule has 7 nitrogen and oxygen atoms in total. The number of carbonyl (C=O) groups is 1. The number of amides is 1. The molecule has 1 atom stereocenters. The molecule has 2 aromatic heterocycles. The van der Waals surface area contributed by atoms with Gasteiger partial charge in [0.2, 0.25) is 0 Å². The Labute approximate surface area is 237 Å². The summed E-state index contributed by atoms with van der Waals surface area (Å²) in [6, 6.07) is 19.1. The lowest BCUT2D eigenvalue weighted by atomic mass is 9.87. The van der Waals surface area contributed by atoms with E-state index in [1.807, 2.05) is 47.0 Å². The van der Waals surface area contributed by atoms with Crippen LogP contribution < -0.4 is 5.43 Å². The number of hydrogen-bond donors (Lipinski definition) is 1. The molecule has 1 N–H and O–H groups in total. The molecule has 4 aromatic rings. The summed E-state index contributed by atoms with van der Waals surface area (Å²) in [6.07, 6.45) is 5.39. The maximum atomic E-state index is 13.5. The van der Waals surface area contributed by atoms with E-state index >= 15 is 0 Å². The second-order valence-corrected chi connectivity index (χ2v) is 11.6. The quantitative estimate of drug-likeness (QED) is 0.187. The topological polar surface area (TPSA) is 76.2 Å². The van der Waals surface area contributed by atoms with Gasteiger partial charge in [-0.05, 0) is 46.9 Å². The van der Waals surface area contributed by atoms with Crippen molar-refractivity contribution in [3.63, 3.8) is 0 Å². The van der Waals surface area contributed by atoms with E-state index < -0.39 is 0 Å². The minimum Gasteiger partial charge on any atom is -0.467 e. The van der Waals surface area contributed by atoms with Gasteiger partial charge in [-0.1, -0.05) is 86.6 Å². The maximum Gasteiger partial charge on any atom is 0.252 e. The van der Waals surface area contributed by atoms with Crippen LogP contribution in [-0.2, 0) is 16.8 Å². The zero-order chi connectivity index (χ0) is 27.6. The molecule has 5 rings (SSSR count). The van der Waals surface area contributed by atoms with Crippen LogP contribution in [0.1, 0.15) is 43.7 Å². The molecular formula is C30H30ClN5O2S. The number of furan rings is 1. The Morgan fingerprint density at radius 1 is 1.10 bits per heavy atom. The Balaban J connectivity index is 1.34. The monoisotopic (exact) mass is 559 g/mol. The first-order chi connectivity index (χ1) is 18.7. The standard InChI is InChI=1S/C30H30ClN5O2S/c1-5-16-35-28(21-8-12-22(13-9-21)30(2,3)4)32-33-29(35)39-19-27(37)36-25(26-7-6-17-38-26)18-24(34-36)20-10-14-23(31)15-11-20/h5-15,17-18,25,34H,1,16,19H2,2-4H3/t25-/m1/s1. The number of halogens is 1. The predicted octanol–water partition coefficient (Wildman–Crippen LogP) is 6.90. The lowest BCUT2D eigenvalue weighted by Crippen LogP contribution is -2.40. The first kappa shape index (κ1) is 26.8. The Kier molecular flexibility index (Phi) is 7.68. The molecule has 3 heterocycles. The molecular weight excluding hydrogens is 530 g/mol. The van der Waals surface area contributed by atoms with Gasteiger partial charge in [-0.15, -0.1) is 16.8 Å². The summed E-state index contributed by atoms with van der Waals surface area (Å²) in [5.41, 5.74) is 7.26. The van der Waals surface area contributed by atoms with Gasteiger partial charge < -0.3 is 4.42 Å². The van der Waals surface area contributed by atoms with Crippen molar-refractivity contribution in [2.45, 2.75) is 43.9 Å². The summed E-state index contributed by atoms with van der Waals surface area (Å²) >= 11 is 7.41. The number of carbonyl (C=O) groups excluding carboxylic acids is 1. The van der Waals surface area contributed by atoms with Crippen molar-refractivity contribution in [2.75, 3.05) is 5.75 Å². The highest BCUT2D eigenvalue weighted by molar-refractivity contribution is 7.99. The number of hydrogen-bond acceptors (Lipinski definition) is 6. The third-order valence-electron chi connectivity index (χ3n) is 6.46. The zero-order valence-corrected chi connectivity index (χ0v) is 23.7. The second-order valence-electron chi connectivity index (χ2n) is 10.2. The number of rotatable bonds is 8. The van der Waals surface area contributed by atoms with Crippen LogP contribution in [0, 0.1) is 0 Å². The third kappa shape index (κ3) is 5.82. The van der Waals surface area contributed by atoms with Crippen molar-refractivity contribution in [3.8, 4) is 11.4 Å².